The van der Waals surface area contributed by atoms with Crippen LogP contribution in [0.15, 0.2) is 17.2 Å². The molecule has 1 amide bonds. The molecule has 1 aromatic rings. The van der Waals surface area contributed by atoms with E-state index in [2.05, 4.69) is 9.97 Å². The Balaban J connectivity index is 2.08. The summed E-state index contributed by atoms with van der Waals surface area (Å²) in [5, 5.41) is 0. The molecule has 2 heterocycles. The number of methoxy groups -OCH3 is 1. The van der Waals surface area contributed by atoms with Crippen LogP contribution >= 0.6 is 0 Å². The molecule has 1 fully saturated rings. The smallest absolute Gasteiger partial charge is 0.310 e. The number of piperidine rings is 1. The molecule has 0 saturated carbocycles. The predicted molar refractivity (Wildman–Crippen MR) is 65.5 cm³/mol. The molecule has 7 heteroatoms. The SMILES string of the molecule is COC(=O)C1CCCN(C(=O)c2c[nH]c(=O)cn2)C1. The van der Waals surface area contributed by atoms with Crippen LogP contribution in [0, 0.1) is 5.92 Å². The minimum absolute atomic E-state index is 0.171. The molecule has 0 spiro atoms. The molecule has 1 aliphatic rings. The Morgan fingerprint density at radius 3 is 2.95 bits per heavy atom. The number of amides is 1. The van der Waals surface area contributed by atoms with Crippen LogP contribution in [0.3, 0.4) is 0 Å². The maximum Gasteiger partial charge on any atom is 0.310 e. The molecular weight excluding hydrogens is 250 g/mol. The second kappa shape index (κ2) is 5.64. The second-order valence-electron chi connectivity index (χ2n) is 4.41. The summed E-state index contributed by atoms with van der Waals surface area (Å²) in [7, 11) is 1.34. The van der Waals surface area contributed by atoms with Gasteiger partial charge in [-0.25, -0.2) is 4.98 Å². The number of nitrogens with one attached hydrogen (secondary N) is 1. The molecule has 0 aromatic carbocycles. The van der Waals surface area contributed by atoms with E-state index in [0.29, 0.717) is 13.1 Å². The summed E-state index contributed by atoms with van der Waals surface area (Å²) in [5.41, 5.74) is -0.187. The lowest BCUT2D eigenvalue weighted by atomic mass is 9.98. The van der Waals surface area contributed by atoms with Crippen LogP contribution in [0.4, 0.5) is 0 Å². The highest BCUT2D eigenvalue weighted by Crippen LogP contribution is 2.18. The van der Waals surface area contributed by atoms with Crippen LogP contribution in [0.1, 0.15) is 23.3 Å². The third kappa shape index (κ3) is 2.98. The van der Waals surface area contributed by atoms with Gasteiger partial charge in [0.25, 0.3) is 11.5 Å². The molecule has 0 bridgehead atoms. The summed E-state index contributed by atoms with van der Waals surface area (Å²) in [4.78, 5) is 42.3. The van der Waals surface area contributed by atoms with Crippen molar-refractivity contribution in [3.63, 3.8) is 0 Å². The highest BCUT2D eigenvalue weighted by molar-refractivity contribution is 5.92. The summed E-state index contributed by atoms with van der Waals surface area (Å²) in [6.07, 6.45) is 3.81. The number of carbonyl (C=O) groups excluding carboxylic acids is 2. The van der Waals surface area contributed by atoms with Gasteiger partial charge in [-0.1, -0.05) is 0 Å². The summed E-state index contributed by atoms with van der Waals surface area (Å²) < 4.78 is 4.70. The van der Waals surface area contributed by atoms with Crippen molar-refractivity contribution >= 4 is 11.9 Å². The molecule has 1 atom stereocenters. The van der Waals surface area contributed by atoms with Crippen LogP contribution in [0.25, 0.3) is 0 Å². The Morgan fingerprint density at radius 2 is 2.32 bits per heavy atom. The van der Waals surface area contributed by atoms with E-state index in [1.165, 1.54) is 13.3 Å². The third-order valence-electron chi connectivity index (χ3n) is 3.13. The first-order chi connectivity index (χ1) is 9.11. The molecule has 0 radical (unpaired) electrons. The molecule has 0 aliphatic carbocycles. The topological polar surface area (TPSA) is 92.4 Å². The number of aromatic amines is 1. The van der Waals surface area contributed by atoms with Crippen LogP contribution in [-0.2, 0) is 9.53 Å². The number of hydrogen-bond acceptors (Lipinski definition) is 5. The van der Waals surface area contributed by atoms with Crippen molar-refractivity contribution in [3.05, 3.63) is 28.4 Å². The first-order valence-electron chi connectivity index (χ1n) is 6.03. The van der Waals surface area contributed by atoms with Crippen molar-refractivity contribution in [1.29, 1.82) is 0 Å². The number of rotatable bonds is 2. The summed E-state index contributed by atoms with van der Waals surface area (Å²) in [5.74, 6) is -0.873. The summed E-state index contributed by atoms with van der Waals surface area (Å²) >= 11 is 0. The molecule has 1 aliphatic heterocycles. The largest absolute Gasteiger partial charge is 0.469 e. The fourth-order valence-electron chi connectivity index (χ4n) is 2.14. The van der Waals surface area contributed by atoms with Crippen molar-refractivity contribution in [2.75, 3.05) is 20.2 Å². The Bertz CT molecular complexity index is 520. The van der Waals surface area contributed by atoms with E-state index >= 15 is 0 Å². The fraction of sp³-hybridized carbons (Fsp3) is 0.500. The number of nitrogens with zero attached hydrogens (tertiary/aromatic N) is 2. The van der Waals surface area contributed by atoms with Gasteiger partial charge in [-0.15, -0.1) is 0 Å². The van der Waals surface area contributed by atoms with Gasteiger partial charge in [0.1, 0.15) is 5.69 Å². The van der Waals surface area contributed by atoms with Gasteiger partial charge in [0.2, 0.25) is 0 Å². The molecule has 19 heavy (non-hydrogen) atoms. The van der Waals surface area contributed by atoms with Crippen molar-refractivity contribution in [2.45, 2.75) is 12.8 Å². The monoisotopic (exact) mass is 265 g/mol. The van der Waals surface area contributed by atoms with E-state index in [1.54, 1.807) is 4.90 Å². The number of ether oxygens (including phenoxy) is 1. The van der Waals surface area contributed by atoms with E-state index in [-0.39, 0.29) is 29.0 Å². The fourth-order valence-corrected chi connectivity index (χ4v) is 2.14. The number of H-pyrrole nitrogens is 1. The van der Waals surface area contributed by atoms with Crippen LogP contribution in [-0.4, -0.2) is 46.9 Å². The van der Waals surface area contributed by atoms with Gasteiger partial charge in [0.05, 0.1) is 19.2 Å². The zero-order chi connectivity index (χ0) is 13.8. The quantitative estimate of drug-likeness (QED) is 0.747. The molecule has 102 valence electrons. The highest BCUT2D eigenvalue weighted by atomic mass is 16.5. The molecule has 2 rings (SSSR count). The van der Waals surface area contributed by atoms with E-state index in [4.69, 9.17) is 4.74 Å². The normalized spacial score (nSPS) is 19.0. The van der Waals surface area contributed by atoms with E-state index < -0.39 is 0 Å². The third-order valence-corrected chi connectivity index (χ3v) is 3.13. The van der Waals surface area contributed by atoms with E-state index in [1.807, 2.05) is 0 Å². The number of hydrogen-bond donors (Lipinski definition) is 1. The van der Waals surface area contributed by atoms with Crippen LogP contribution in [0.2, 0.25) is 0 Å². The van der Waals surface area contributed by atoms with Gasteiger partial charge in [-0.3, -0.25) is 14.4 Å². The summed E-state index contributed by atoms with van der Waals surface area (Å²) in [6.45, 7) is 0.902. The van der Waals surface area contributed by atoms with Gasteiger partial charge >= 0.3 is 5.97 Å². The van der Waals surface area contributed by atoms with Gasteiger partial charge in [-0.2, -0.15) is 0 Å². The molecule has 1 saturated heterocycles. The Kier molecular flexibility index (Phi) is 3.94. The van der Waals surface area contributed by atoms with E-state index in [9.17, 15) is 14.4 Å². The standard InChI is InChI=1S/C12H15N3O4/c1-19-12(18)8-3-2-4-15(7-8)11(17)9-5-14-10(16)6-13-9/h5-6,8H,2-4,7H2,1H3,(H,14,16). The summed E-state index contributed by atoms with van der Waals surface area (Å²) in [6, 6.07) is 0. The number of esters is 1. The molecular formula is C12H15N3O4. The predicted octanol–water partition coefficient (Wildman–Crippen LogP) is -0.205. The Morgan fingerprint density at radius 1 is 1.53 bits per heavy atom. The Labute approximate surface area is 109 Å². The number of carbonyl (C=O) groups is 2. The lowest BCUT2D eigenvalue weighted by molar-refractivity contribution is -0.146. The first-order valence-corrected chi connectivity index (χ1v) is 6.03. The van der Waals surface area contributed by atoms with Crippen molar-refractivity contribution in [2.24, 2.45) is 5.92 Å². The lowest BCUT2D eigenvalue weighted by Crippen LogP contribution is -2.43. The zero-order valence-electron chi connectivity index (χ0n) is 10.6. The van der Waals surface area contributed by atoms with Crippen molar-refractivity contribution in [1.82, 2.24) is 14.9 Å². The van der Waals surface area contributed by atoms with Gasteiger partial charge in [0.15, 0.2) is 0 Å². The van der Waals surface area contributed by atoms with Gasteiger partial charge < -0.3 is 14.6 Å². The lowest BCUT2D eigenvalue weighted by Gasteiger charge is -2.30. The molecule has 1 aromatic heterocycles. The maximum absolute atomic E-state index is 12.2. The number of aromatic nitrogens is 2. The first kappa shape index (κ1) is 13.3. The molecule has 1 N–H and O–H groups in total. The van der Waals surface area contributed by atoms with Crippen LogP contribution < -0.4 is 5.56 Å². The maximum atomic E-state index is 12.2. The van der Waals surface area contributed by atoms with Crippen molar-refractivity contribution < 1.29 is 14.3 Å². The average molecular weight is 265 g/mol. The average Bonchev–Trinajstić information content (AvgIpc) is 2.46. The van der Waals surface area contributed by atoms with Crippen molar-refractivity contribution in [3.8, 4) is 0 Å². The second-order valence-corrected chi connectivity index (χ2v) is 4.41. The Hall–Kier alpha value is -2.18. The molecule has 7 nitrogen and oxygen atoms in total. The van der Waals surface area contributed by atoms with E-state index in [0.717, 1.165) is 19.0 Å². The minimum Gasteiger partial charge on any atom is -0.469 e. The molecule has 1 unspecified atom stereocenters. The zero-order valence-corrected chi connectivity index (χ0v) is 10.6. The highest BCUT2D eigenvalue weighted by Gasteiger charge is 2.29. The minimum atomic E-state index is -0.359. The van der Waals surface area contributed by atoms with Gasteiger partial charge in [0, 0.05) is 19.3 Å². The van der Waals surface area contributed by atoms with Gasteiger partial charge in [-0.05, 0) is 12.8 Å². The van der Waals surface area contributed by atoms with Crippen LogP contribution in [0.5, 0.6) is 0 Å². The number of likely N-dealkylation sites (tertiary alicyclic amines) is 1.